The maximum absolute atomic E-state index is 13.8. The molecule has 0 radical (unpaired) electrons. The van der Waals surface area contributed by atoms with Gasteiger partial charge in [0, 0.05) is 19.2 Å². The van der Waals surface area contributed by atoms with Crippen LogP contribution < -0.4 is 16.4 Å². The van der Waals surface area contributed by atoms with E-state index >= 15 is 0 Å². The first kappa shape index (κ1) is 31.3. The van der Waals surface area contributed by atoms with E-state index in [2.05, 4.69) is 10.6 Å². The molecule has 2 amide bonds. The summed E-state index contributed by atoms with van der Waals surface area (Å²) in [4.78, 5) is 34.1. The Labute approximate surface area is 208 Å². The van der Waals surface area contributed by atoms with Crippen molar-refractivity contribution in [1.29, 1.82) is 0 Å². The molecule has 3 atom stereocenters. The van der Waals surface area contributed by atoms with Gasteiger partial charge >= 0.3 is 5.97 Å². The summed E-state index contributed by atoms with van der Waals surface area (Å²) in [5, 5.41) is 4.81. The van der Waals surface area contributed by atoms with Crippen LogP contribution >= 0.6 is 35.6 Å². The maximum atomic E-state index is 13.8. The maximum Gasteiger partial charge on any atom is 0.306 e. The van der Waals surface area contributed by atoms with Crippen LogP contribution in [-0.4, -0.2) is 62.6 Å². The molecule has 9 nitrogen and oxygen atoms in total. The van der Waals surface area contributed by atoms with Crippen molar-refractivity contribution >= 4 is 63.2 Å². The molecule has 1 aromatic rings. The minimum Gasteiger partial charge on any atom is -0.455 e. The number of carbonyl (C=O) groups is 3. The Morgan fingerprint density at radius 3 is 2.18 bits per heavy atom. The summed E-state index contributed by atoms with van der Waals surface area (Å²) in [5.41, 5.74) is 5.67. The van der Waals surface area contributed by atoms with Crippen LogP contribution in [0.15, 0.2) is 29.2 Å². The van der Waals surface area contributed by atoms with Crippen molar-refractivity contribution in [2.45, 2.75) is 47.7 Å². The van der Waals surface area contributed by atoms with Gasteiger partial charge in [0.1, 0.15) is 12.8 Å². The largest absolute Gasteiger partial charge is 0.455 e. The number of hydrogen-bond donors (Lipinski definition) is 3. The SMILES string of the molecule is CC(N)C(=O)NCCCC(=O)O[C@H](c1ccc(S(C)(=O)=O)cc1)[C@@H](CF)NC(=O)C(Cl)Cl.Cl. The Hall–Kier alpha value is -1.66. The smallest absolute Gasteiger partial charge is 0.306 e. The molecule has 0 bridgehead atoms. The molecular formula is C19H27Cl3FN3O6S. The second-order valence-corrected chi connectivity index (χ2v) is 10.1. The lowest BCUT2D eigenvalue weighted by molar-refractivity contribution is -0.152. The summed E-state index contributed by atoms with van der Waals surface area (Å²) in [5.74, 6) is -1.99. The molecule has 33 heavy (non-hydrogen) atoms. The van der Waals surface area contributed by atoms with Crippen LogP contribution in [0.1, 0.15) is 31.4 Å². The van der Waals surface area contributed by atoms with Crippen LogP contribution in [0.5, 0.6) is 0 Å². The molecule has 0 saturated carbocycles. The van der Waals surface area contributed by atoms with Crippen molar-refractivity contribution in [2.75, 3.05) is 19.5 Å². The molecule has 1 aromatic carbocycles. The first-order valence-electron chi connectivity index (χ1n) is 9.54. The predicted molar refractivity (Wildman–Crippen MR) is 125 cm³/mol. The third kappa shape index (κ3) is 10.9. The number of ether oxygens (including phenoxy) is 1. The van der Waals surface area contributed by atoms with Gasteiger partial charge in [0.05, 0.1) is 17.0 Å². The lowest BCUT2D eigenvalue weighted by Crippen LogP contribution is -2.44. The number of amides is 2. The number of nitrogens with two attached hydrogens (primary N) is 1. The fourth-order valence-electron chi connectivity index (χ4n) is 2.53. The second kappa shape index (κ2) is 14.6. The third-order valence-electron chi connectivity index (χ3n) is 4.22. The zero-order valence-corrected chi connectivity index (χ0v) is 21.1. The quantitative estimate of drug-likeness (QED) is 0.204. The zero-order chi connectivity index (χ0) is 24.5. The summed E-state index contributed by atoms with van der Waals surface area (Å²) in [7, 11) is -3.48. The average Bonchev–Trinajstić information content (AvgIpc) is 2.72. The van der Waals surface area contributed by atoms with Crippen LogP contribution in [0.2, 0.25) is 0 Å². The van der Waals surface area contributed by atoms with E-state index in [4.69, 9.17) is 33.7 Å². The standard InChI is InChI=1S/C19H26Cl2FN3O6S.ClH/c1-11(23)18(27)24-9-3-4-15(26)31-16(14(10-22)25-19(28)17(20)21)12-5-7-13(8-6-12)32(2,29)30;/h5-8,11,14,16-17H,3-4,9-10,23H2,1-2H3,(H,24,27)(H,25,28);1H/t11?,14-,16-;/m1./s1. The predicted octanol–water partition coefficient (Wildman–Crippen LogP) is 1.60. The molecule has 14 heteroatoms. The van der Waals surface area contributed by atoms with Gasteiger partial charge < -0.3 is 21.1 Å². The molecule has 0 saturated heterocycles. The highest BCUT2D eigenvalue weighted by Crippen LogP contribution is 2.25. The summed E-state index contributed by atoms with van der Waals surface area (Å²) in [6, 6.07) is 3.24. The number of hydrogen-bond acceptors (Lipinski definition) is 7. The molecule has 0 heterocycles. The van der Waals surface area contributed by atoms with Crippen molar-refractivity contribution in [1.82, 2.24) is 10.6 Å². The number of sulfone groups is 1. The van der Waals surface area contributed by atoms with Gasteiger partial charge in [-0.2, -0.15) is 0 Å². The Morgan fingerprint density at radius 2 is 1.73 bits per heavy atom. The van der Waals surface area contributed by atoms with Crippen LogP contribution in [0.3, 0.4) is 0 Å². The van der Waals surface area contributed by atoms with Gasteiger partial charge in [-0.05, 0) is 31.0 Å². The first-order valence-corrected chi connectivity index (χ1v) is 12.3. The second-order valence-electron chi connectivity index (χ2n) is 7.00. The lowest BCUT2D eigenvalue weighted by Gasteiger charge is -2.27. The van der Waals surface area contributed by atoms with Crippen LogP contribution in [0.25, 0.3) is 0 Å². The molecular weight excluding hydrogens is 524 g/mol. The van der Waals surface area contributed by atoms with E-state index in [1.54, 1.807) is 0 Å². The minimum atomic E-state index is -3.48. The number of nitrogens with one attached hydrogen (secondary N) is 2. The van der Waals surface area contributed by atoms with Gasteiger partial charge in [0.2, 0.25) is 5.91 Å². The summed E-state index contributed by atoms with van der Waals surface area (Å²) in [6.07, 6.45) is -0.141. The van der Waals surface area contributed by atoms with Gasteiger partial charge in [-0.3, -0.25) is 14.4 Å². The first-order chi connectivity index (χ1) is 14.9. The fraction of sp³-hybridized carbons (Fsp3) is 0.526. The molecule has 0 aliphatic heterocycles. The normalized spacial score (nSPS) is 13.9. The van der Waals surface area contributed by atoms with E-state index in [9.17, 15) is 27.2 Å². The van der Waals surface area contributed by atoms with Crippen molar-refractivity contribution in [2.24, 2.45) is 5.73 Å². The van der Waals surface area contributed by atoms with E-state index in [0.717, 1.165) is 6.26 Å². The molecule has 1 rings (SSSR count). The van der Waals surface area contributed by atoms with Crippen LogP contribution in [-0.2, 0) is 29.0 Å². The Kier molecular flexibility index (Phi) is 13.8. The van der Waals surface area contributed by atoms with Crippen molar-refractivity contribution in [3.05, 3.63) is 29.8 Å². The van der Waals surface area contributed by atoms with Gasteiger partial charge in [-0.15, -0.1) is 12.4 Å². The number of benzene rings is 1. The summed E-state index contributed by atoms with van der Waals surface area (Å²) >= 11 is 11.0. The molecule has 0 aliphatic carbocycles. The van der Waals surface area contributed by atoms with E-state index in [-0.39, 0.29) is 48.2 Å². The Bertz CT molecular complexity index is 901. The number of alkyl halides is 3. The van der Waals surface area contributed by atoms with Crippen LogP contribution in [0.4, 0.5) is 4.39 Å². The molecule has 4 N–H and O–H groups in total. The van der Waals surface area contributed by atoms with E-state index < -0.39 is 51.4 Å². The molecule has 0 spiro atoms. The van der Waals surface area contributed by atoms with Gasteiger partial charge in [0.25, 0.3) is 5.91 Å². The van der Waals surface area contributed by atoms with Crippen molar-refractivity contribution in [3.8, 4) is 0 Å². The highest BCUT2D eigenvalue weighted by Gasteiger charge is 2.30. The van der Waals surface area contributed by atoms with E-state index in [1.165, 1.54) is 31.2 Å². The van der Waals surface area contributed by atoms with Crippen molar-refractivity contribution in [3.63, 3.8) is 0 Å². The minimum absolute atomic E-state index is 0. The highest BCUT2D eigenvalue weighted by atomic mass is 35.5. The molecule has 188 valence electrons. The zero-order valence-electron chi connectivity index (χ0n) is 17.9. The number of carbonyl (C=O) groups excluding carboxylic acids is 3. The molecule has 0 aromatic heterocycles. The number of esters is 1. The van der Waals surface area contributed by atoms with Gasteiger partial charge in [0.15, 0.2) is 14.7 Å². The summed E-state index contributed by atoms with van der Waals surface area (Å²) < 4.78 is 42.5. The monoisotopic (exact) mass is 549 g/mol. The number of rotatable bonds is 12. The highest BCUT2D eigenvalue weighted by molar-refractivity contribution is 7.90. The van der Waals surface area contributed by atoms with E-state index in [0.29, 0.717) is 0 Å². The number of halogens is 4. The van der Waals surface area contributed by atoms with Crippen molar-refractivity contribution < 1.29 is 31.9 Å². The Morgan fingerprint density at radius 1 is 1.15 bits per heavy atom. The third-order valence-corrected chi connectivity index (χ3v) is 5.75. The summed E-state index contributed by atoms with van der Waals surface area (Å²) in [6.45, 7) is 0.565. The topological polar surface area (TPSA) is 145 Å². The average molecular weight is 551 g/mol. The molecule has 0 aliphatic rings. The van der Waals surface area contributed by atoms with E-state index in [1.807, 2.05) is 0 Å². The van der Waals surface area contributed by atoms with Gasteiger partial charge in [-0.1, -0.05) is 35.3 Å². The molecule has 1 unspecified atom stereocenters. The molecule has 0 fully saturated rings. The van der Waals surface area contributed by atoms with Crippen LogP contribution in [0, 0.1) is 0 Å². The van der Waals surface area contributed by atoms with Gasteiger partial charge in [-0.25, -0.2) is 12.8 Å². The fourth-order valence-corrected chi connectivity index (χ4v) is 3.29. The lowest BCUT2D eigenvalue weighted by atomic mass is 10.0. The Balaban J connectivity index is 0.0000102.